The van der Waals surface area contributed by atoms with Crippen LogP contribution in [0, 0.1) is 0 Å². The average Bonchev–Trinajstić information content (AvgIpc) is 4.03. The SMILES string of the molecule is Nc1nc(Cl)nc(Nc2cccc(NS(=O)(=O)c3cccc4c3-c3nc-4nc4[nH]c(nc5nc(nc6[nH]c(n3)c3cccc(S(=O)(=O)O)c63)-c3cccc(S(=O)(=O)O)c3-5)c3cccc(S(=O)(=O)O)c43)c2)n1. The molecule has 9 aromatic rings. The van der Waals surface area contributed by atoms with Crippen LogP contribution in [0.4, 0.5) is 23.3 Å². The standard InChI is InChI=1S/C41H25ClN14O11S4/c42-39-53-40(43)55-41(54-39)44-17-6-1-7-18(16-17)56-68(57,58)23-12-2-8-19-27(23)35-45-31(19)47-36-29-21(10-4-14-25(29)70(62,63)64)33(49-36)51-38-30-22(11-5-15-26(30)71(65,66)67)34(52-38)50-37-28-20(32(46-35)48-37)9-3-13-24(28)69(59,60)61/h1-16,56H,(H,59,60,61)(H,62,63,64)(H,65,66,67)(H3,43,44,53,54,55)(H2,45,46,47,48,49,50,51,52). The highest BCUT2D eigenvalue weighted by atomic mass is 35.5. The number of rotatable bonds is 8. The first-order valence-electron chi connectivity index (χ1n) is 20.0. The van der Waals surface area contributed by atoms with Crippen LogP contribution in [-0.2, 0) is 40.4 Å². The number of aromatic nitrogens is 11. The molecule has 6 heterocycles. The largest absolute Gasteiger partial charge is 0.368 e. The predicted molar refractivity (Wildman–Crippen MR) is 255 cm³/mol. The van der Waals surface area contributed by atoms with Gasteiger partial charge in [-0.05, 0) is 54.1 Å². The Kier molecular flexibility index (Phi) is 10.2. The predicted octanol–water partition coefficient (Wildman–Crippen LogP) is 5.57. The van der Waals surface area contributed by atoms with Crippen LogP contribution < -0.4 is 15.8 Å². The fourth-order valence-corrected chi connectivity index (χ4v) is 11.7. The number of nitrogen functional groups attached to an aromatic ring is 1. The van der Waals surface area contributed by atoms with Gasteiger partial charge in [-0.1, -0.05) is 54.6 Å². The highest BCUT2D eigenvalue weighted by Gasteiger charge is 2.32. The van der Waals surface area contributed by atoms with Crippen molar-refractivity contribution >= 4 is 119 Å². The van der Waals surface area contributed by atoms with Crippen molar-refractivity contribution < 1.29 is 47.3 Å². The summed E-state index contributed by atoms with van der Waals surface area (Å²) in [4.78, 5) is 42.9. The van der Waals surface area contributed by atoms with Gasteiger partial charge in [-0.3, -0.25) is 18.4 Å². The van der Waals surface area contributed by atoms with Crippen LogP contribution in [0.2, 0.25) is 5.28 Å². The summed E-state index contributed by atoms with van der Waals surface area (Å²) in [6.07, 6.45) is 0. The molecule has 356 valence electrons. The molecule has 0 atom stereocenters. The topological polar surface area (TPSA) is 395 Å². The van der Waals surface area contributed by atoms with Gasteiger partial charge in [-0.25, -0.2) is 38.3 Å². The molecule has 0 saturated carbocycles. The molecule has 2 aliphatic rings. The molecule has 0 unspecified atom stereocenters. The molecule has 0 amide bonds. The summed E-state index contributed by atoms with van der Waals surface area (Å²) < 4.78 is 141. The number of hydrogen-bond acceptors (Lipinski definition) is 19. The first-order chi connectivity index (χ1) is 33.6. The van der Waals surface area contributed by atoms with Crippen molar-refractivity contribution in [3.05, 3.63) is 102 Å². The summed E-state index contributed by atoms with van der Waals surface area (Å²) in [7, 11) is -19.7. The first kappa shape index (κ1) is 45.3. The number of H-pyrrole nitrogens is 2. The van der Waals surface area contributed by atoms with E-state index in [-0.39, 0.29) is 107 Å². The zero-order valence-electron chi connectivity index (χ0n) is 35.0. The third-order valence-electron chi connectivity index (χ3n) is 10.9. The zero-order chi connectivity index (χ0) is 49.9. The van der Waals surface area contributed by atoms with E-state index in [0.717, 1.165) is 18.2 Å². The van der Waals surface area contributed by atoms with Crippen LogP contribution in [0.1, 0.15) is 0 Å². The van der Waals surface area contributed by atoms with Gasteiger partial charge in [0, 0.05) is 38.4 Å². The number of sulfonamides is 1. The second kappa shape index (κ2) is 15.9. The lowest BCUT2D eigenvalue weighted by Crippen LogP contribution is -2.14. The maximum Gasteiger partial charge on any atom is 0.295 e. The van der Waals surface area contributed by atoms with Gasteiger partial charge in [0.25, 0.3) is 40.4 Å². The number of hydrogen-bond donors (Lipinski definition) is 8. The summed E-state index contributed by atoms with van der Waals surface area (Å²) in [6, 6.07) is 21.4. The highest BCUT2D eigenvalue weighted by Crippen LogP contribution is 2.42. The number of nitrogens with one attached hydrogen (secondary N) is 4. The number of fused-ring (bicyclic) bond motifs is 20. The molecule has 5 aromatic carbocycles. The number of anilines is 4. The van der Waals surface area contributed by atoms with E-state index >= 15 is 0 Å². The van der Waals surface area contributed by atoms with E-state index in [1.807, 2.05) is 0 Å². The summed E-state index contributed by atoms with van der Waals surface area (Å²) in [5.41, 5.74) is 4.60. The van der Waals surface area contributed by atoms with Gasteiger partial charge >= 0.3 is 0 Å². The number of halogens is 1. The molecule has 9 N–H and O–H groups in total. The van der Waals surface area contributed by atoms with Gasteiger partial charge in [0.2, 0.25) is 17.2 Å². The number of nitrogens with zero attached hydrogens (tertiary/aromatic N) is 9. The Morgan fingerprint density at radius 3 is 1.45 bits per heavy atom. The molecular weight excluding hydrogens is 1030 g/mol. The minimum Gasteiger partial charge on any atom is -0.368 e. The average molecular weight is 1050 g/mol. The first-order valence-corrected chi connectivity index (χ1v) is 26.1. The second-order valence-corrected chi connectivity index (χ2v) is 21.5. The molecule has 0 saturated heterocycles. The third-order valence-corrected chi connectivity index (χ3v) is 15.2. The molecule has 4 aromatic heterocycles. The van der Waals surface area contributed by atoms with Gasteiger partial charge in [0.05, 0.1) is 21.7 Å². The van der Waals surface area contributed by atoms with Crippen molar-refractivity contribution in [1.29, 1.82) is 0 Å². The van der Waals surface area contributed by atoms with Crippen LogP contribution in [0.15, 0.2) is 117 Å². The molecule has 2 aliphatic heterocycles. The lowest BCUT2D eigenvalue weighted by atomic mass is 10.1. The lowest BCUT2D eigenvalue weighted by molar-refractivity contribution is 0.481. The summed E-state index contributed by atoms with van der Waals surface area (Å²) in [5, 5.41) is 2.20. The van der Waals surface area contributed by atoms with Crippen LogP contribution in [-0.4, -0.2) is 102 Å². The maximum absolute atomic E-state index is 14.6. The van der Waals surface area contributed by atoms with Crippen molar-refractivity contribution in [1.82, 2.24) is 54.8 Å². The Morgan fingerprint density at radius 2 is 0.930 bits per heavy atom. The van der Waals surface area contributed by atoms with Crippen LogP contribution in [0.25, 0.3) is 89.7 Å². The number of nitrogens with two attached hydrogens (primary N) is 1. The Balaban J connectivity index is 1.23. The molecular formula is C41H25ClN14O11S4. The minimum atomic E-state index is -5.02. The third kappa shape index (κ3) is 7.96. The van der Waals surface area contributed by atoms with E-state index in [1.54, 1.807) is 6.07 Å². The van der Waals surface area contributed by atoms with Gasteiger partial charge in [0.15, 0.2) is 23.3 Å². The Morgan fingerprint density at radius 1 is 0.479 bits per heavy atom. The molecule has 0 aliphatic carbocycles. The highest BCUT2D eigenvalue weighted by molar-refractivity contribution is 7.93. The van der Waals surface area contributed by atoms with E-state index in [2.05, 4.69) is 59.9 Å². The van der Waals surface area contributed by atoms with E-state index < -0.39 is 65.8 Å². The zero-order valence-corrected chi connectivity index (χ0v) is 39.0. The van der Waals surface area contributed by atoms with Crippen molar-refractivity contribution in [2.75, 3.05) is 15.8 Å². The van der Waals surface area contributed by atoms with Crippen LogP contribution in [0.5, 0.6) is 0 Å². The van der Waals surface area contributed by atoms with Gasteiger partial charge in [-0.2, -0.15) is 40.2 Å². The van der Waals surface area contributed by atoms with Gasteiger partial charge in [0.1, 0.15) is 37.3 Å². The quantitative estimate of drug-likeness (QED) is 0.0861. The molecule has 25 nitrogen and oxygen atoms in total. The van der Waals surface area contributed by atoms with E-state index in [9.17, 15) is 47.3 Å². The summed E-state index contributed by atoms with van der Waals surface area (Å²) in [5.74, 6) is -1.52. The number of benzene rings is 5. The summed E-state index contributed by atoms with van der Waals surface area (Å²) >= 11 is 5.93. The van der Waals surface area contributed by atoms with Gasteiger partial charge < -0.3 is 21.0 Å². The molecule has 11 rings (SSSR count). The smallest absolute Gasteiger partial charge is 0.295 e. The molecule has 0 fully saturated rings. The van der Waals surface area contributed by atoms with Crippen molar-refractivity contribution in [3.63, 3.8) is 0 Å². The molecule has 71 heavy (non-hydrogen) atoms. The maximum atomic E-state index is 14.6. The van der Waals surface area contributed by atoms with E-state index in [4.69, 9.17) is 22.3 Å². The molecule has 0 radical (unpaired) electrons. The fraction of sp³-hybridized carbons (Fsp3) is 0. The Hall–Kier alpha value is -8.16. The van der Waals surface area contributed by atoms with E-state index in [0.29, 0.717) is 5.69 Å². The van der Waals surface area contributed by atoms with Crippen molar-refractivity contribution in [3.8, 4) is 45.6 Å². The Labute approximate surface area is 402 Å². The normalized spacial score (nSPS) is 12.7. The number of aromatic amines is 2. The van der Waals surface area contributed by atoms with Crippen molar-refractivity contribution in [2.45, 2.75) is 19.6 Å². The second-order valence-electron chi connectivity index (χ2n) is 15.3. The minimum absolute atomic E-state index is 0.00129. The molecule has 30 heteroatoms. The monoisotopic (exact) mass is 1050 g/mol. The van der Waals surface area contributed by atoms with Crippen molar-refractivity contribution in [2.24, 2.45) is 0 Å². The lowest BCUT2D eigenvalue weighted by Gasteiger charge is -2.13. The summed E-state index contributed by atoms with van der Waals surface area (Å²) in [6.45, 7) is 0. The van der Waals surface area contributed by atoms with Crippen LogP contribution >= 0.6 is 11.6 Å². The van der Waals surface area contributed by atoms with Crippen LogP contribution in [0.3, 0.4) is 0 Å². The fourth-order valence-electron chi connectivity index (χ4n) is 8.15. The molecule has 0 spiro atoms. The Bertz CT molecular complexity index is 4460. The van der Waals surface area contributed by atoms with Gasteiger partial charge in [-0.15, -0.1) is 0 Å². The molecule has 8 bridgehead atoms. The van der Waals surface area contributed by atoms with E-state index in [1.165, 1.54) is 72.8 Å².